The third kappa shape index (κ3) is 8.20. The van der Waals surface area contributed by atoms with Gasteiger partial charge in [0.2, 0.25) is 0 Å². The molecular formula is C23H37NO2. The van der Waals surface area contributed by atoms with Gasteiger partial charge in [0.1, 0.15) is 0 Å². The molecule has 0 spiro atoms. The van der Waals surface area contributed by atoms with Crippen LogP contribution in [0, 0.1) is 11.8 Å². The highest BCUT2D eigenvalue weighted by molar-refractivity contribution is 5.18. The molecule has 1 saturated heterocycles. The van der Waals surface area contributed by atoms with Gasteiger partial charge in [0, 0.05) is 6.04 Å². The smallest absolute Gasteiger partial charge is 0.0794 e. The molecule has 3 heteroatoms. The molecule has 0 aromatic heterocycles. The van der Waals surface area contributed by atoms with E-state index in [0.29, 0.717) is 11.8 Å². The highest BCUT2D eigenvalue weighted by Gasteiger charge is 2.29. The van der Waals surface area contributed by atoms with Gasteiger partial charge in [-0.05, 0) is 57.9 Å². The molecule has 0 aromatic carbocycles. The van der Waals surface area contributed by atoms with E-state index < -0.39 is 0 Å². The number of hydrogen-bond acceptors (Lipinski definition) is 3. The number of ether oxygens (including phenoxy) is 1. The van der Waals surface area contributed by atoms with Gasteiger partial charge < -0.3 is 15.6 Å². The van der Waals surface area contributed by atoms with Crippen LogP contribution in [-0.2, 0) is 4.74 Å². The third-order valence-corrected chi connectivity index (χ3v) is 4.85. The van der Waals surface area contributed by atoms with Crippen molar-refractivity contribution in [1.29, 1.82) is 0 Å². The maximum absolute atomic E-state index is 8.80. The van der Waals surface area contributed by atoms with Crippen LogP contribution >= 0.6 is 0 Å². The second kappa shape index (κ2) is 11.9. The van der Waals surface area contributed by atoms with Gasteiger partial charge in [-0.2, -0.15) is 0 Å². The van der Waals surface area contributed by atoms with Crippen molar-refractivity contribution in [2.45, 2.75) is 72.1 Å². The largest absolute Gasteiger partial charge is 0.516 e. The number of nitrogens with two attached hydrogens (primary N) is 1. The highest BCUT2D eigenvalue weighted by Crippen LogP contribution is 2.27. The summed E-state index contributed by atoms with van der Waals surface area (Å²) in [6, 6.07) is -0.0754. The molecule has 0 aliphatic carbocycles. The van der Waals surface area contributed by atoms with Crippen molar-refractivity contribution in [2.24, 2.45) is 17.6 Å². The van der Waals surface area contributed by atoms with Crippen molar-refractivity contribution >= 4 is 0 Å². The van der Waals surface area contributed by atoms with Gasteiger partial charge in [0.05, 0.1) is 18.5 Å². The standard InChI is InChI=1S/C23H37NO2/c1-6-8-22-20(5)11-12-23(26-22)21(24)10-7-9-17(2)15-19(4)16-18(3)13-14-25/h6-10,13-14,16,19-23,25H,11-12,15,24H2,1-5H3/b8-6+,10-7+,14-13+,17-9+,18-16-. The van der Waals surface area contributed by atoms with Crippen LogP contribution in [0.2, 0.25) is 0 Å². The molecule has 0 saturated carbocycles. The van der Waals surface area contributed by atoms with Crippen molar-refractivity contribution in [1.82, 2.24) is 0 Å². The summed E-state index contributed by atoms with van der Waals surface area (Å²) in [5, 5.41) is 8.80. The molecule has 0 bridgehead atoms. The van der Waals surface area contributed by atoms with Crippen molar-refractivity contribution in [2.75, 3.05) is 0 Å². The molecule has 26 heavy (non-hydrogen) atoms. The monoisotopic (exact) mass is 359 g/mol. The van der Waals surface area contributed by atoms with Gasteiger partial charge in [-0.3, -0.25) is 0 Å². The predicted octanol–water partition coefficient (Wildman–Crippen LogP) is 5.62. The zero-order chi connectivity index (χ0) is 19.5. The fourth-order valence-electron chi connectivity index (χ4n) is 3.43. The fourth-order valence-corrected chi connectivity index (χ4v) is 3.43. The molecule has 1 aliphatic rings. The minimum absolute atomic E-state index is 0.0754. The average Bonchev–Trinajstić information content (AvgIpc) is 2.56. The second-order valence-corrected chi connectivity index (χ2v) is 7.60. The van der Waals surface area contributed by atoms with Crippen LogP contribution < -0.4 is 5.73 Å². The Morgan fingerprint density at radius 2 is 2.04 bits per heavy atom. The van der Waals surface area contributed by atoms with Crippen LogP contribution in [0.3, 0.4) is 0 Å². The maximum Gasteiger partial charge on any atom is 0.0794 e. The molecule has 5 unspecified atom stereocenters. The average molecular weight is 360 g/mol. The molecular weight excluding hydrogens is 322 g/mol. The van der Waals surface area contributed by atoms with Crippen LogP contribution in [0.4, 0.5) is 0 Å². The Hall–Kier alpha value is -1.58. The van der Waals surface area contributed by atoms with Gasteiger partial charge in [-0.25, -0.2) is 0 Å². The Balaban J connectivity index is 2.55. The normalized spacial score (nSPS) is 28.3. The first kappa shape index (κ1) is 22.5. The number of aliphatic hydroxyl groups excluding tert-OH is 1. The molecule has 0 radical (unpaired) electrons. The van der Waals surface area contributed by atoms with Crippen LogP contribution in [0.1, 0.15) is 53.9 Å². The summed E-state index contributed by atoms with van der Waals surface area (Å²) in [4.78, 5) is 0. The summed E-state index contributed by atoms with van der Waals surface area (Å²) >= 11 is 0. The summed E-state index contributed by atoms with van der Waals surface area (Å²) in [6.45, 7) is 10.6. The van der Waals surface area contributed by atoms with Crippen LogP contribution in [0.15, 0.2) is 59.9 Å². The Labute approximate surface area is 160 Å². The van der Waals surface area contributed by atoms with Crippen LogP contribution in [0.5, 0.6) is 0 Å². The molecule has 0 amide bonds. The van der Waals surface area contributed by atoms with E-state index in [1.807, 2.05) is 13.8 Å². The molecule has 5 atom stereocenters. The number of rotatable bonds is 8. The van der Waals surface area contributed by atoms with Crippen LogP contribution in [-0.4, -0.2) is 23.4 Å². The fraction of sp³-hybridized carbons (Fsp3) is 0.565. The quantitative estimate of drug-likeness (QED) is 0.336. The first-order chi connectivity index (χ1) is 12.4. The maximum atomic E-state index is 8.80. The predicted molar refractivity (Wildman–Crippen MR) is 112 cm³/mol. The first-order valence-electron chi connectivity index (χ1n) is 9.74. The lowest BCUT2D eigenvalue weighted by Crippen LogP contribution is -2.42. The van der Waals surface area contributed by atoms with Gasteiger partial charge >= 0.3 is 0 Å². The zero-order valence-electron chi connectivity index (χ0n) is 17.1. The molecule has 1 heterocycles. The summed E-state index contributed by atoms with van der Waals surface area (Å²) in [5.41, 5.74) is 8.72. The van der Waals surface area contributed by atoms with E-state index >= 15 is 0 Å². The Morgan fingerprint density at radius 3 is 2.69 bits per heavy atom. The number of aliphatic hydroxyl groups is 1. The minimum atomic E-state index is -0.0754. The molecule has 1 rings (SSSR count). The lowest BCUT2D eigenvalue weighted by atomic mass is 9.90. The van der Waals surface area contributed by atoms with Gasteiger partial charge in [-0.15, -0.1) is 0 Å². The van der Waals surface area contributed by atoms with Gasteiger partial charge in [0.25, 0.3) is 0 Å². The second-order valence-electron chi connectivity index (χ2n) is 7.60. The van der Waals surface area contributed by atoms with Crippen molar-refractivity contribution < 1.29 is 9.84 Å². The van der Waals surface area contributed by atoms with Crippen molar-refractivity contribution in [3.63, 3.8) is 0 Å². The summed E-state index contributed by atoms with van der Waals surface area (Å²) in [6.07, 6.45) is 18.8. The SMILES string of the molecule is C/C=C/C1OC(C(N)/C=C/C=C(\C)CC(C)/C=C(C)\C=C\O)CCC1C. The van der Waals surface area contributed by atoms with Crippen molar-refractivity contribution in [3.05, 3.63) is 59.9 Å². The topological polar surface area (TPSA) is 55.5 Å². The first-order valence-corrected chi connectivity index (χ1v) is 9.74. The zero-order valence-corrected chi connectivity index (χ0v) is 17.1. The molecule has 1 aliphatic heterocycles. The Morgan fingerprint density at radius 1 is 1.31 bits per heavy atom. The summed E-state index contributed by atoms with van der Waals surface area (Å²) < 4.78 is 6.17. The summed E-state index contributed by atoms with van der Waals surface area (Å²) in [5.74, 6) is 0.980. The van der Waals surface area contributed by atoms with Crippen LogP contribution in [0.25, 0.3) is 0 Å². The molecule has 0 aromatic rings. The van der Waals surface area contributed by atoms with E-state index in [0.717, 1.165) is 31.1 Å². The van der Waals surface area contributed by atoms with E-state index in [1.54, 1.807) is 6.08 Å². The Bertz CT molecular complexity index is 557. The molecule has 3 N–H and O–H groups in total. The van der Waals surface area contributed by atoms with E-state index in [1.165, 1.54) is 5.57 Å². The molecule has 1 fully saturated rings. The van der Waals surface area contributed by atoms with E-state index in [2.05, 4.69) is 57.2 Å². The van der Waals surface area contributed by atoms with Gasteiger partial charge in [-0.1, -0.05) is 61.4 Å². The molecule has 146 valence electrons. The lowest BCUT2D eigenvalue weighted by molar-refractivity contribution is -0.0583. The lowest BCUT2D eigenvalue weighted by Gasteiger charge is -2.35. The number of hydrogen-bond donors (Lipinski definition) is 2. The number of allylic oxidation sites excluding steroid dienone is 7. The van der Waals surface area contributed by atoms with Gasteiger partial charge in [0.15, 0.2) is 0 Å². The highest BCUT2D eigenvalue weighted by atomic mass is 16.5. The Kier molecular flexibility index (Phi) is 10.3. The van der Waals surface area contributed by atoms with E-state index in [-0.39, 0.29) is 18.2 Å². The third-order valence-electron chi connectivity index (χ3n) is 4.85. The minimum Gasteiger partial charge on any atom is -0.516 e. The van der Waals surface area contributed by atoms with E-state index in [4.69, 9.17) is 15.6 Å². The van der Waals surface area contributed by atoms with Crippen molar-refractivity contribution in [3.8, 4) is 0 Å². The molecule has 3 nitrogen and oxygen atoms in total. The summed E-state index contributed by atoms with van der Waals surface area (Å²) in [7, 11) is 0. The van der Waals surface area contributed by atoms with E-state index in [9.17, 15) is 0 Å².